The van der Waals surface area contributed by atoms with E-state index < -0.39 is 0 Å². The average Bonchev–Trinajstić information content (AvgIpc) is 2.07. The Hall–Kier alpha value is -1.51. The molecule has 1 aromatic carbocycles. The minimum atomic E-state index is -0.0447. The average molecular weight is 193 g/mol. The molecule has 3 nitrogen and oxygen atoms in total. The van der Waals surface area contributed by atoms with Crippen LogP contribution in [0.5, 0.6) is 5.75 Å². The fourth-order valence-corrected chi connectivity index (χ4v) is 1.19. The Morgan fingerprint density at radius 2 is 2.07 bits per heavy atom. The van der Waals surface area contributed by atoms with Crippen molar-refractivity contribution in [3.63, 3.8) is 0 Å². The number of ether oxygens (including phenoxy) is 1. The van der Waals surface area contributed by atoms with Gasteiger partial charge >= 0.3 is 0 Å². The van der Waals surface area contributed by atoms with Gasteiger partial charge in [-0.15, -0.1) is 0 Å². The summed E-state index contributed by atoms with van der Waals surface area (Å²) in [5.41, 5.74) is 6.66. The van der Waals surface area contributed by atoms with Gasteiger partial charge in [0, 0.05) is 11.3 Å². The lowest BCUT2D eigenvalue weighted by atomic mass is 10.1. The quantitative estimate of drug-likeness (QED) is 0.591. The van der Waals surface area contributed by atoms with E-state index in [0.717, 1.165) is 0 Å². The molecule has 0 saturated heterocycles. The van der Waals surface area contributed by atoms with Crippen molar-refractivity contribution in [2.45, 2.75) is 26.9 Å². The number of anilines is 1. The summed E-state index contributed by atoms with van der Waals surface area (Å²) >= 11 is 0. The molecular weight excluding hydrogens is 178 g/mol. The predicted octanol–water partition coefficient (Wildman–Crippen LogP) is 2.26. The van der Waals surface area contributed by atoms with Gasteiger partial charge in [0.2, 0.25) is 0 Å². The van der Waals surface area contributed by atoms with Crippen LogP contribution in [0.2, 0.25) is 0 Å². The molecule has 0 aliphatic carbocycles. The second-order valence-corrected chi connectivity index (χ2v) is 3.47. The van der Waals surface area contributed by atoms with Gasteiger partial charge in [0.1, 0.15) is 5.75 Å². The van der Waals surface area contributed by atoms with Crippen LogP contribution in [0.3, 0.4) is 0 Å². The standard InChI is InChI=1S/C11H15NO2/c1-7(2)14-9-4-5-11(12)10(6-9)8(3)13/h4-7H,12H2,1-3H3. The van der Waals surface area contributed by atoms with E-state index >= 15 is 0 Å². The van der Waals surface area contributed by atoms with Gasteiger partial charge in [-0.3, -0.25) is 4.79 Å². The molecule has 14 heavy (non-hydrogen) atoms. The highest BCUT2D eigenvalue weighted by Gasteiger charge is 2.06. The van der Waals surface area contributed by atoms with Gasteiger partial charge in [0.15, 0.2) is 5.78 Å². The zero-order valence-corrected chi connectivity index (χ0v) is 8.70. The molecule has 0 amide bonds. The Morgan fingerprint density at radius 1 is 1.43 bits per heavy atom. The first-order chi connectivity index (χ1) is 6.50. The first-order valence-corrected chi connectivity index (χ1v) is 4.58. The molecule has 0 fully saturated rings. The van der Waals surface area contributed by atoms with Crippen LogP contribution < -0.4 is 10.5 Å². The fourth-order valence-electron chi connectivity index (χ4n) is 1.19. The minimum Gasteiger partial charge on any atom is -0.491 e. The summed E-state index contributed by atoms with van der Waals surface area (Å²) in [4.78, 5) is 11.2. The number of carbonyl (C=O) groups is 1. The summed E-state index contributed by atoms with van der Waals surface area (Å²) < 4.78 is 5.45. The first kappa shape index (κ1) is 10.6. The molecule has 0 saturated carbocycles. The molecule has 0 unspecified atom stereocenters. The Labute approximate surface area is 83.9 Å². The van der Waals surface area contributed by atoms with Crippen LogP contribution >= 0.6 is 0 Å². The highest BCUT2D eigenvalue weighted by atomic mass is 16.5. The van der Waals surface area contributed by atoms with Crippen molar-refractivity contribution in [2.75, 3.05) is 5.73 Å². The summed E-state index contributed by atoms with van der Waals surface area (Å²) in [6.07, 6.45) is 0.0958. The molecule has 0 atom stereocenters. The molecule has 0 bridgehead atoms. The zero-order chi connectivity index (χ0) is 10.7. The third-order valence-corrected chi connectivity index (χ3v) is 1.78. The van der Waals surface area contributed by atoms with E-state index in [4.69, 9.17) is 10.5 Å². The minimum absolute atomic E-state index is 0.0447. The third-order valence-electron chi connectivity index (χ3n) is 1.78. The Balaban J connectivity index is 3.00. The fraction of sp³-hybridized carbons (Fsp3) is 0.364. The summed E-state index contributed by atoms with van der Waals surface area (Å²) in [5, 5.41) is 0. The molecule has 3 heteroatoms. The van der Waals surface area contributed by atoms with Gasteiger partial charge in [-0.25, -0.2) is 0 Å². The largest absolute Gasteiger partial charge is 0.491 e. The Bertz CT molecular complexity index is 345. The van der Waals surface area contributed by atoms with Crippen LogP contribution in [0, 0.1) is 0 Å². The molecular formula is C11H15NO2. The number of nitrogens with two attached hydrogens (primary N) is 1. The summed E-state index contributed by atoms with van der Waals surface area (Å²) in [7, 11) is 0. The molecule has 0 aliphatic rings. The van der Waals surface area contributed by atoms with E-state index in [2.05, 4.69) is 0 Å². The van der Waals surface area contributed by atoms with Crippen LogP contribution in [0.25, 0.3) is 0 Å². The van der Waals surface area contributed by atoms with E-state index in [1.165, 1.54) is 6.92 Å². The van der Waals surface area contributed by atoms with Crippen molar-refractivity contribution < 1.29 is 9.53 Å². The van der Waals surface area contributed by atoms with Crippen LogP contribution in [0.1, 0.15) is 31.1 Å². The molecule has 76 valence electrons. The molecule has 0 heterocycles. The van der Waals surface area contributed by atoms with Crippen molar-refractivity contribution in [3.8, 4) is 5.75 Å². The first-order valence-electron chi connectivity index (χ1n) is 4.58. The molecule has 0 aromatic heterocycles. The smallest absolute Gasteiger partial charge is 0.162 e. The highest BCUT2D eigenvalue weighted by Crippen LogP contribution is 2.20. The van der Waals surface area contributed by atoms with Crippen molar-refractivity contribution >= 4 is 11.5 Å². The Kier molecular flexibility index (Phi) is 3.12. The second-order valence-electron chi connectivity index (χ2n) is 3.47. The van der Waals surface area contributed by atoms with E-state index in [1.807, 2.05) is 13.8 Å². The van der Waals surface area contributed by atoms with Crippen molar-refractivity contribution in [1.29, 1.82) is 0 Å². The maximum absolute atomic E-state index is 11.2. The van der Waals surface area contributed by atoms with Crippen molar-refractivity contribution in [1.82, 2.24) is 0 Å². The van der Waals surface area contributed by atoms with E-state index in [9.17, 15) is 4.79 Å². The zero-order valence-electron chi connectivity index (χ0n) is 8.70. The van der Waals surface area contributed by atoms with Gasteiger partial charge in [-0.2, -0.15) is 0 Å². The normalized spacial score (nSPS) is 10.3. The molecule has 1 rings (SSSR count). The molecule has 0 radical (unpaired) electrons. The molecule has 1 aromatic rings. The lowest BCUT2D eigenvalue weighted by molar-refractivity contribution is 0.101. The van der Waals surface area contributed by atoms with Crippen molar-refractivity contribution in [3.05, 3.63) is 23.8 Å². The van der Waals surface area contributed by atoms with Crippen molar-refractivity contribution in [2.24, 2.45) is 0 Å². The third kappa shape index (κ3) is 2.49. The highest BCUT2D eigenvalue weighted by molar-refractivity contribution is 5.99. The van der Waals surface area contributed by atoms with Gasteiger partial charge < -0.3 is 10.5 Å². The number of nitrogen functional groups attached to an aromatic ring is 1. The lowest BCUT2D eigenvalue weighted by Crippen LogP contribution is -2.07. The maximum Gasteiger partial charge on any atom is 0.162 e. The summed E-state index contributed by atoms with van der Waals surface area (Å²) in [6, 6.07) is 5.13. The summed E-state index contributed by atoms with van der Waals surface area (Å²) in [5.74, 6) is 0.635. The van der Waals surface area contributed by atoms with Crippen LogP contribution in [0.4, 0.5) is 5.69 Å². The van der Waals surface area contributed by atoms with Gasteiger partial charge in [-0.05, 0) is 39.0 Å². The SMILES string of the molecule is CC(=O)c1cc(OC(C)C)ccc1N. The van der Waals surface area contributed by atoms with Crippen LogP contribution in [-0.2, 0) is 0 Å². The monoisotopic (exact) mass is 193 g/mol. The second kappa shape index (κ2) is 4.13. The van der Waals surface area contributed by atoms with Gasteiger partial charge in [-0.1, -0.05) is 0 Å². The van der Waals surface area contributed by atoms with Crippen LogP contribution in [0.15, 0.2) is 18.2 Å². The number of hydrogen-bond donors (Lipinski definition) is 1. The summed E-state index contributed by atoms with van der Waals surface area (Å²) in [6.45, 7) is 5.36. The topological polar surface area (TPSA) is 52.3 Å². The molecule has 0 aliphatic heterocycles. The van der Waals surface area contributed by atoms with Crippen LogP contribution in [-0.4, -0.2) is 11.9 Å². The number of Topliss-reactive ketones (excluding diaryl/α,β-unsaturated/α-hetero) is 1. The van der Waals surface area contributed by atoms with E-state index in [1.54, 1.807) is 18.2 Å². The predicted molar refractivity (Wildman–Crippen MR) is 56.6 cm³/mol. The number of rotatable bonds is 3. The lowest BCUT2D eigenvalue weighted by Gasteiger charge is -2.11. The van der Waals surface area contributed by atoms with Gasteiger partial charge in [0.05, 0.1) is 6.10 Å². The Morgan fingerprint density at radius 3 is 2.57 bits per heavy atom. The number of ketones is 1. The molecule has 0 spiro atoms. The number of carbonyl (C=O) groups excluding carboxylic acids is 1. The number of benzene rings is 1. The molecule has 2 N–H and O–H groups in total. The van der Waals surface area contributed by atoms with E-state index in [0.29, 0.717) is 17.0 Å². The van der Waals surface area contributed by atoms with Gasteiger partial charge in [0.25, 0.3) is 0 Å². The number of hydrogen-bond acceptors (Lipinski definition) is 3. The maximum atomic E-state index is 11.2. The van der Waals surface area contributed by atoms with E-state index in [-0.39, 0.29) is 11.9 Å².